The first kappa shape index (κ1) is 24.3. The average molecular weight is 494 g/mol. The van der Waals surface area contributed by atoms with E-state index in [1.54, 1.807) is 12.1 Å². The van der Waals surface area contributed by atoms with Gasteiger partial charge in [0.2, 0.25) is 10.0 Å². The van der Waals surface area contributed by atoms with Crippen molar-refractivity contribution < 1.29 is 21.6 Å². The van der Waals surface area contributed by atoms with Gasteiger partial charge in [0, 0.05) is 50.0 Å². The molecule has 0 unspecified atom stereocenters. The number of sulfonamides is 1. The van der Waals surface area contributed by atoms with Crippen molar-refractivity contribution >= 4 is 21.5 Å². The monoisotopic (exact) mass is 493 g/mol. The van der Waals surface area contributed by atoms with Crippen molar-refractivity contribution in [2.24, 2.45) is 5.92 Å². The third-order valence-electron chi connectivity index (χ3n) is 6.41. The van der Waals surface area contributed by atoms with Crippen LogP contribution in [0.5, 0.6) is 0 Å². The van der Waals surface area contributed by atoms with Crippen LogP contribution < -0.4 is 10.2 Å². The zero-order chi connectivity index (χ0) is 24.3. The van der Waals surface area contributed by atoms with Gasteiger partial charge in [-0.3, -0.25) is 0 Å². The number of rotatable bonds is 5. The Balaban J connectivity index is 1.32. The number of halogens is 3. The van der Waals surface area contributed by atoms with Gasteiger partial charge in [0.05, 0.1) is 16.5 Å². The van der Waals surface area contributed by atoms with Crippen molar-refractivity contribution in [1.82, 2.24) is 9.29 Å². The van der Waals surface area contributed by atoms with Gasteiger partial charge in [-0.1, -0.05) is 0 Å². The molecule has 182 valence electrons. The van der Waals surface area contributed by atoms with Crippen LogP contribution in [-0.2, 0) is 16.2 Å². The Hall–Kier alpha value is -2.84. The molecule has 0 amide bonds. The molecule has 1 N–H and O–H groups in total. The van der Waals surface area contributed by atoms with Crippen LogP contribution in [0.4, 0.5) is 24.7 Å². The summed E-state index contributed by atoms with van der Waals surface area (Å²) in [5.74, 6) is 0.423. The molecule has 2 aliphatic heterocycles. The molecule has 2 aliphatic rings. The van der Waals surface area contributed by atoms with Crippen molar-refractivity contribution in [1.29, 1.82) is 5.26 Å². The number of anilines is 2. The molecule has 2 fully saturated rings. The molecule has 3 heterocycles. The summed E-state index contributed by atoms with van der Waals surface area (Å²) in [6.07, 6.45) is -0.986. The Kier molecular flexibility index (Phi) is 7.00. The van der Waals surface area contributed by atoms with E-state index in [0.717, 1.165) is 43.9 Å². The second-order valence-electron chi connectivity index (χ2n) is 8.64. The Morgan fingerprint density at radius 3 is 2.15 bits per heavy atom. The standard InChI is InChI=1S/C23H26F3N5O2S/c24-23(25,26)18-1-6-22(28-16-18)29-19-9-13-31(14-10-19)34(32,33)21-4-2-20(3-5-21)30-11-7-17(15-27)8-12-30/h1-6,16-17,19H,7-14H2,(H,28,29). The molecule has 0 saturated carbocycles. The van der Waals surface area contributed by atoms with Gasteiger partial charge >= 0.3 is 6.18 Å². The molecule has 11 heteroatoms. The second-order valence-corrected chi connectivity index (χ2v) is 10.6. The SMILES string of the molecule is N#CC1CCN(c2ccc(S(=O)(=O)N3CCC(Nc4ccc(C(F)(F)F)cn4)CC3)cc2)CC1. The molecular formula is C23H26F3N5O2S. The number of alkyl halides is 3. The van der Waals surface area contributed by atoms with Crippen molar-refractivity contribution in [3.05, 3.63) is 48.2 Å². The molecule has 1 aromatic carbocycles. The summed E-state index contributed by atoms with van der Waals surface area (Å²) in [5, 5.41) is 12.1. The van der Waals surface area contributed by atoms with Crippen LogP contribution in [0.25, 0.3) is 0 Å². The lowest BCUT2D eigenvalue weighted by molar-refractivity contribution is -0.137. The number of hydrogen-bond donors (Lipinski definition) is 1. The number of nitrogens with zero attached hydrogens (tertiary/aromatic N) is 4. The van der Waals surface area contributed by atoms with Crippen LogP contribution in [0.3, 0.4) is 0 Å². The Morgan fingerprint density at radius 1 is 0.971 bits per heavy atom. The molecule has 4 rings (SSSR count). The average Bonchev–Trinajstić information content (AvgIpc) is 2.84. The first-order valence-corrected chi connectivity index (χ1v) is 12.7. The van der Waals surface area contributed by atoms with Gasteiger partial charge in [0.1, 0.15) is 5.82 Å². The number of aromatic nitrogens is 1. The summed E-state index contributed by atoms with van der Waals surface area (Å²) in [5.41, 5.74) is 0.138. The van der Waals surface area contributed by atoms with Gasteiger partial charge in [-0.25, -0.2) is 13.4 Å². The summed E-state index contributed by atoms with van der Waals surface area (Å²) < 4.78 is 65.7. The lowest BCUT2D eigenvalue weighted by Gasteiger charge is -2.32. The Labute approximate surface area is 197 Å². The molecule has 0 spiro atoms. The van der Waals surface area contributed by atoms with Gasteiger partial charge in [-0.05, 0) is 62.1 Å². The summed E-state index contributed by atoms with van der Waals surface area (Å²) >= 11 is 0. The molecule has 2 aromatic rings. The highest BCUT2D eigenvalue weighted by molar-refractivity contribution is 7.89. The van der Waals surface area contributed by atoms with E-state index in [9.17, 15) is 21.6 Å². The van der Waals surface area contributed by atoms with E-state index in [2.05, 4.69) is 21.3 Å². The molecule has 0 atom stereocenters. The zero-order valence-electron chi connectivity index (χ0n) is 18.5. The quantitative estimate of drug-likeness (QED) is 0.675. The minimum atomic E-state index is -4.43. The van der Waals surface area contributed by atoms with Crippen LogP contribution in [0, 0.1) is 17.2 Å². The fourth-order valence-electron chi connectivity index (χ4n) is 4.34. The lowest BCUT2D eigenvalue weighted by atomic mass is 9.98. The summed E-state index contributed by atoms with van der Waals surface area (Å²) in [4.78, 5) is 6.23. The van der Waals surface area contributed by atoms with Crippen molar-refractivity contribution in [3.8, 4) is 6.07 Å². The maximum Gasteiger partial charge on any atom is 0.417 e. The van der Waals surface area contributed by atoms with Crippen LogP contribution in [0.2, 0.25) is 0 Å². The van der Waals surface area contributed by atoms with Crippen LogP contribution in [-0.4, -0.2) is 49.9 Å². The van der Waals surface area contributed by atoms with E-state index >= 15 is 0 Å². The van der Waals surface area contributed by atoms with E-state index in [1.165, 1.54) is 10.4 Å². The third-order valence-corrected chi connectivity index (χ3v) is 8.33. The van der Waals surface area contributed by atoms with Gasteiger partial charge in [-0.15, -0.1) is 0 Å². The van der Waals surface area contributed by atoms with Crippen LogP contribution in [0.15, 0.2) is 47.5 Å². The van der Waals surface area contributed by atoms with Crippen LogP contribution in [0.1, 0.15) is 31.2 Å². The van der Waals surface area contributed by atoms with Crippen molar-refractivity contribution in [2.75, 3.05) is 36.4 Å². The number of piperidine rings is 2. The first-order chi connectivity index (χ1) is 16.2. The minimum Gasteiger partial charge on any atom is -0.371 e. The van der Waals surface area contributed by atoms with E-state index in [0.29, 0.717) is 31.7 Å². The summed E-state index contributed by atoms with van der Waals surface area (Å²) in [7, 11) is -3.64. The highest BCUT2D eigenvalue weighted by atomic mass is 32.2. The second kappa shape index (κ2) is 9.80. The van der Waals surface area contributed by atoms with E-state index in [-0.39, 0.29) is 16.9 Å². The maximum atomic E-state index is 13.1. The third kappa shape index (κ3) is 5.45. The minimum absolute atomic E-state index is 0.0746. The smallest absolute Gasteiger partial charge is 0.371 e. The lowest BCUT2D eigenvalue weighted by Crippen LogP contribution is -2.42. The molecule has 7 nitrogen and oxygen atoms in total. The molecule has 0 bridgehead atoms. The molecule has 1 aromatic heterocycles. The normalized spacial score (nSPS) is 19.1. The van der Waals surface area contributed by atoms with E-state index < -0.39 is 21.8 Å². The highest BCUT2D eigenvalue weighted by Crippen LogP contribution is 2.30. The van der Waals surface area contributed by atoms with E-state index in [1.807, 2.05) is 12.1 Å². The fraction of sp³-hybridized carbons (Fsp3) is 0.478. The molecular weight excluding hydrogens is 467 g/mol. The van der Waals surface area contributed by atoms with Crippen molar-refractivity contribution in [2.45, 2.75) is 42.8 Å². The number of nitrogens with one attached hydrogen (secondary N) is 1. The van der Waals surface area contributed by atoms with Gasteiger partial charge in [0.15, 0.2) is 0 Å². The first-order valence-electron chi connectivity index (χ1n) is 11.2. The molecule has 0 radical (unpaired) electrons. The maximum absolute atomic E-state index is 13.1. The highest BCUT2D eigenvalue weighted by Gasteiger charge is 2.32. The van der Waals surface area contributed by atoms with Gasteiger partial charge in [-0.2, -0.15) is 22.7 Å². The molecule has 2 saturated heterocycles. The van der Waals surface area contributed by atoms with Gasteiger partial charge in [0.25, 0.3) is 0 Å². The number of hydrogen-bond acceptors (Lipinski definition) is 6. The largest absolute Gasteiger partial charge is 0.417 e. The predicted molar refractivity (Wildman–Crippen MR) is 122 cm³/mol. The van der Waals surface area contributed by atoms with Gasteiger partial charge < -0.3 is 10.2 Å². The predicted octanol–water partition coefficient (Wildman–Crippen LogP) is 4.11. The summed E-state index contributed by atoms with van der Waals surface area (Å²) in [6.45, 7) is 2.17. The zero-order valence-corrected chi connectivity index (χ0v) is 19.3. The fourth-order valence-corrected chi connectivity index (χ4v) is 5.81. The topological polar surface area (TPSA) is 89.3 Å². The number of nitriles is 1. The molecule has 34 heavy (non-hydrogen) atoms. The Morgan fingerprint density at radius 2 is 1.62 bits per heavy atom. The summed E-state index contributed by atoms with van der Waals surface area (Å²) in [6, 6.07) is 11.4. The molecule has 0 aliphatic carbocycles. The number of pyridine rings is 1. The number of benzene rings is 1. The van der Waals surface area contributed by atoms with E-state index in [4.69, 9.17) is 5.26 Å². The Bertz CT molecular complexity index is 1120. The van der Waals surface area contributed by atoms with Crippen LogP contribution >= 0.6 is 0 Å². The van der Waals surface area contributed by atoms with Crippen molar-refractivity contribution in [3.63, 3.8) is 0 Å².